The van der Waals surface area contributed by atoms with Gasteiger partial charge in [-0.15, -0.1) is 0 Å². The molecular weight excluding hydrogens is 1010 g/mol. The average Bonchev–Trinajstić information content (AvgIpc) is 4.12. The van der Waals surface area contributed by atoms with Crippen molar-refractivity contribution in [2.24, 2.45) is 40.4 Å². The van der Waals surface area contributed by atoms with Crippen LogP contribution in [0.5, 0.6) is 0 Å². The van der Waals surface area contributed by atoms with Crippen molar-refractivity contribution in [2.75, 3.05) is 13.2 Å². The number of amides is 5. The summed E-state index contributed by atoms with van der Waals surface area (Å²) in [4.78, 5) is 124. The number of carbonyl (C=O) groups is 9. The van der Waals surface area contributed by atoms with Crippen molar-refractivity contribution < 1.29 is 67.6 Å². The molecule has 1 saturated heterocycles. The van der Waals surface area contributed by atoms with Gasteiger partial charge in [-0.1, -0.05) is 102 Å². The zero-order valence-corrected chi connectivity index (χ0v) is 46.9. The molecule has 2 aromatic rings. The molecule has 1 heterocycles. The van der Waals surface area contributed by atoms with Crippen LogP contribution in [0.15, 0.2) is 72.3 Å². The van der Waals surface area contributed by atoms with Crippen molar-refractivity contribution in [3.63, 3.8) is 0 Å². The Bertz CT molecular complexity index is 2820. The van der Waals surface area contributed by atoms with Crippen molar-refractivity contribution in [1.82, 2.24) is 26.2 Å². The number of ketones is 2. The number of nitrogens with zero attached hydrogens (tertiary/aromatic N) is 1. The maximum Gasteiger partial charge on any atom is 0.408 e. The summed E-state index contributed by atoms with van der Waals surface area (Å²) in [6.07, 6.45) is 2.34. The van der Waals surface area contributed by atoms with E-state index in [0.29, 0.717) is 19.3 Å². The Morgan fingerprint density at radius 2 is 1.53 bits per heavy atom. The zero-order valence-electron chi connectivity index (χ0n) is 46.9. The van der Waals surface area contributed by atoms with E-state index >= 15 is 0 Å². The lowest BCUT2D eigenvalue weighted by Gasteiger charge is -2.61. The van der Waals surface area contributed by atoms with E-state index in [1.165, 1.54) is 38.7 Å². The predicted octanol–water partition coefficient (Wildman–Crippen LogP) is 5.09. The Labute approximate surface area is 461 Å². The quantitative estimate of drug-likeness (QED) is 0.0685. The van der Waals surface area contributed by atoms with E-state index in [2.05, 4.69) is 21.3 Å². The summed E-state index contributed by atoms with van der Waals surface area (Å²) in [5.41, 5.74) is -0.235. The molecule has 0 bridgehead atoms. The number of hydrogen-bond donors (Lipinski definition) is 6. The normalized spacial score (nSPS) is 29.2. The summed E-state index contributed by atoms with van der Waals surface area (Å²) in [6, 6.07) is 10.9. The summed E-state index contributed by atoms with van der Waals surface area (Å²) in [6.45, 7) is 16.6. The predicted molar refractivity (Wildman–Crippen MR) is 288 cm³/mol. The van der Waals surface area contributed by atoms with Crippen LogP contribution < -0.4 is 21.3 Å². The highest BCUT2D eigenvalue weighted by Crippen LogP contribution is 2.69. The maximum absolute atomic E-state index is 14.8. The molecule has 19 nitrogen and oxygen atoms in total. The number of ether oxygens (including phenoxy) is 3. The number of aliphatic hydroxyl groups is 2. The molecule has 8 rings (SSSR count). The van der Waals surface area contributed by atoms with Gasteiger partial charge in [0.2, 0.25) is 29.4 Å². The number of carbonyl (C=O) groups excluding carboxylic acids is 9. The van der Waals surface area contributed by atoms with Crippen LogP contribution in [-0.2, 0) is 52.6 Å². The minimum absolute atomic E-state index is 0.00487. The van der Waals surface area contributed by atoms with Gasteiger partial charge in [-0.2, -0.15) is 0 Å². The number of hydrogen-bond acceptors (Lipinski definition) is 14. The molecule has 1 aliphatic heterocycles. The van der Waals surface area contributed by atoms with E-state index in [0.717, 1.165) is 27.8 Å². The first-order valence-corrected chi connectivity index (χ1v) is 27.8. The van der Waals surface area contributed by atoms with Crippen LogP contribution in [-0.4, -0.2) is 129 Å². The fourth-order valence-electron chi connectivity index (χ4n) is 14.2. The van der Waals surface area contributed by atoms with Gasteiger partial charge >= 0.3 is 18.0 Å². The molecule has 3 saturated carbocycles. The third-order valence-corrected chi connectivity index (χ3v) is 18.2. The van der Waals surface area contributed by atoms with Gasteiger partial charge < -0.3 is 50.6 Å². The van der Waals surface area contributed by atoms with Gasteiger partial charge in [-0.05, 0) is 124 Å². The molecule has 0 radical (unpaired) electrons. The highest BCUT2D eigenvalue weighted by atomic mass is 16.6. The zero-order chi connectivity index (χ0) is 57.7. The van der Waals surface area contributed by atoms with Crippen LogP contribution in [0, 0.1) is 40.4 Å². The van der Waals surface area contributed by atoms with Crippen LogP contribution in [0.2, 0.25) is 0 Å². The topological polar surface area (TPSA) is 273 Å². The standard InChI is InChI=1S/C60H77N5O14/c1-11-46(68)79-60(25-23-42-40-27-32(4)43-28-35(66)22-24-58(43,9)47(40)45(67)29-59(42,60)10)49(69)54(74)78-53(73)48(31(2)3)63-51(71)44-21-16-26-65(44)52(72)34(6)61-50(70)33(5)62-55(75)57(7,8)64-56(76)77-30-41-38-19-14-12-17-36(38)37-18-13-15-20-39(37)41/h12-15,17-20,22,24,28,31-34,40-42,44-45,47-48,54,67,74H,11,16,21,23,25-27,29-30H2,1-10H3,(H,61,70)(H,62,75)(H,63,71)(H,64,76)/t32-,33-,34-,40?,42?,44-,45-,47?,48-,54?,58-,59-,60-/m0/s1. The lowest BCUT2D eigenvalue weighted by Crippen LogP contribution is -2.64. The molecule has 79 heavy (non-hydrogen) atoms. The van der Waals surface area contributed by atoms with E-state index in [-0.39, 0.29) is 74.2 Å². The second kappa shape index (κ2) is 22.4. The van der Waals surface area contributed by atoms with Crippen molar-refractivity contribution in [2.45, 2.75) is 168 Å². The third kappa shape index (κ3) is 10.8. The van der Waals surface area contributed by atoms with Crippen LogP contribution >= 0.6 is 0 Å². The largest absolute Gasteiger partial charge is 0.450 e. The van der Waals surface area contributed by atoms with E-state index in [4.69, 9.17) is 14.2 Å². The number of fused-ring (bicyclic) bond motifs is 8. The summed E-state index contributed by atoms with van der Waals surface area (Å²) >= 11 is 0. The smallest absolute Gasteiger partial charge is 0.408 e. The molecule has 4 fully saturated rings. The first kappa shape index (κ1) is 58.4. The molecule has 2 aromatic carbocycles. The molecule has 0 aromatic heterocycles. The summed E-state index contributed by atoms with van der Waals surface area (Å²) < 4.78 is 17.2. The van der Waals surface area contributed by atoms with Gasteiger partial charge in [0.15, 0.2) is 11.4 Å². The maximum atomic E-state index is 14.8. The number of benzene rings is 2. The minimum atomic E-state index is -2.43. The number of alkyl carbamates (subject to hydrolysis) is 1. The van der Waals surface area contributed by atoms with Gasteiger partial charge in [0.05, 0.1) is 6.10 Å². The summed E-state index contributed by atoms with van der Waals surface area (Å²) in [5, 5.41) is 34.1. The molecule has 5 aliphatic carbocycles. The van der Waals surface area contributed by atoms with Crippen molar-refractivity contribution in [3.8, 4) is 11.1 Å². The number of rotatable bonds is 17. The van der Waals surface area contributed by atoms with Gasteiger partial charge in [0, 0.05) is 35.6 Å². The third-order valence-electron chi connectivity index (χ3n) is 18.2. The van der Waals surface area contributed by atoms with Gasteiger partial charge in [0.1, 0.15) is 36.3 Å². The van der Waals surface area contributed by atoms with E-state index in [1.807, 2.05) is 68.5 Å². The second-order valence-electron chi connectivity index (χ2n) is 24.0. The van der Waals surface area contributed by atoms with E-state index in [9.17, 15) is 53.4 Å². The SMILES string of the molecule is CCC(=O)O[C@]1(C(=O)C(O)OC(=O)[C@@H](NC(=O)[C@@H]2CCCN2C(=O)[C@H](C)NC(=O)[C@H](C)NC(=O)C(C)(C)NC(=O)OCC2c3ccccc3-c3ccccc32)C(C)C)CCC2C3C[C@H](C)C4=CC(=O)C=C[C@]4(C)C3[C@@H](O)C[C@@]21C. The van der Waals surface area contributed by atoms with Gasteiger partial charge in [-0.3, -0.25) is 33.6 Å². The highest BCUT2D eigenvalue weighted by molar-refractivity contribution is 6.01. The van der Waals surface area contributed by atoms with Crippen molar-refractivity contribution in [3.05, 3.63) is 83.5 Å². The first-order chi connectivity index (χ1) is 37.2. The van der Waals surface area contributed by atoms with Crippen LogP contribution in [0.3, 0.4) is 0 Å². The number of allylic oxidation sites excluding steroid dienone is 4. The minimum Gasteiger partial charge on any atom is -0.450 e. The Hall–Kier alpha value is -6.73. The van der Waals surface area contributed by atoms with Gasteiger partial charge in [-0.25, -0.2) is 9.59 Å². The second-order valence-corrected chi connectivity index (χ2v) is 24.0. The Morgan fingerprint density at radius 1 is 0.886 bits per heavy atom. The number of likely N-dealkylation sites (tertiary alicyclic amines) is 1. The number of Topliss-reactive ketones (excluding diaryl/α,β-unsaturated/α-hetero) is 1. The van der Waals surface area contributed by atoms with E-state index < -0.39 is 112 Å². The monoisotopic (exact) mass is 1090 g/mol. The highest BCUT2D eigenvalue weighted by Gasteiger charge is 2.72. The molecule has 6 aliphatic rings. The summed E-state index contributed by atoms with van der Waals surface area (Å²) in [7, 11) is 0. The first-order valence-electron chi connectivity index (χ1n) is 27.8. The van der Waals surface area contributed by atoms with Crippen molar-refractivity contribution >= 4 is 53.2 Å². The molecule has 4 unspecified atom stereocenters. The van der Waals surface area contributed by atoms with Crippen molar-refractivity contribution in [1.29, 1.82) is 0 Å². The lowest BCUT2D eigenvalue weighted by atomic mass is 9.44. The Morgan fingerprint density at radius 3 is 2.16 bits per heavy atom. The molecule has 426 valence electrons. The molecule has 6 N–H and O–H groups in total. The number of aliphatic hydroxyl groups excluding tert-OH is 2. The van der Waals surface area contributed by atoms with Gasteiger partial charge in [0.25, 0.3) is 6.29 Å². The van der Waals surface area contributed by atoms with Crippen LogP contribution in [0.25, 0.3) is 11.1 Å². The van der Waals surface area contributed by atoms with E-state index in [1.54, 1.807) is 33.8 Å². The fourth-order valence-corrected chi connectivity index (χ4v) is 14.2. The summed E-state index contributed by atoms with van der Waals surface area (Å²) in [5.74, 6) is -7.41. The number of nitrogens with one attached hydrogen (secondary N) is 4. The Kier molecular flexibility index (Phi) is 16.6. The molecule has 13 atom stereocenters. The fraction of sp³-hybridized carbons (Fsp3) is 0.583. The molecular formula is C60H77N5O14. The molecule has 0 spiro atoms. The lowest BCUT2D eigenvalue weighted by molar-refractivity contribution is -0.215. The average molecular weight is 1090 g/mol. The van der Waals surface area contributed by atoms with Crippen LogP contribution in [0.4, 0.5) is 4.79 Å². The molecule has 19 heteroatoms. The number of esters is 2. The molecule has 5 amide bonds. The Balaban J connectivity index is 0.856. The van der Waals surface area contributed by atoms with Crippen LogP contribution in [0.1, 0.15) is 131 Å².